The quantitative estimate of drug-likeness (QED) is 0.787. The lowest BCUT2D eigenvalue weighted by Gasteiger charge is -2.34. The zero-order valence-corrected chi connectivity index (χ0v) is 13.2. The number of benzene rings is 1. The van der Waals surface area contributed by atoms with Gasteiger partial charge in [0, 0.05) is 24.8 Å². The first kappa shape index (κ1) is 16.5. The highest BCUT2D eigenvalue weighted by Crippen LogP contribution is 2.18. The minimum absolute atomic E-state index is 0.295. The van der Waals surface area contributed by atoms with E-state index in [0.29, 0.717) is 12.6 Å². The maximum absolute atomic E-state index is 9.52. The molecule has 0 aromatic heterocycles. The van der Waals surface area contributed by atoms with E-state index in [1.54, 1.807) is 0 Å². The first-order chi connectivity index (χ1) is 9.50. The molecule has 0 radical (unpaired) electrons. The highest BCUT2D eigenvalue weighted by Gasteiger charge is 2.27. The van der Waals surface area contributed by atoms with Crippen LogP contribution in [0.4, 0.5) is 5.69 Å². The molecule has 0 saturated carbocycles. The lowest BCUT2D eigenvalue weighted by molar-refractivity contribution is 0.402. The highest BCUT2D eigenvalue weighted by atomic mass is 15.2. The van der Waals surface area contributed by atoms with Gasteiger partial charge in [-0.15, -0.1) is 0 Å². The van der Waals surface area contributed by atoms with Gasteiger partial charge in [-0.1, -0.05) is 31.5 Å². The monoisotopic (exact) mass is 273 g/mol. The Balaban J connectivity index is 2.86. The number of anilines is 1. The van der Waals surface area contributed by atoms with E-state index in [2.05, 4.69) is 49.2 Å². The summed E-state index contributed by atoms with van der Waals surface area (Å²) in [4.78, 5) is 2.31. The van der Waals surface area contributed by atoms with Crippen LogP contribution in [0.1, 0.15) is 40.5 Å². The van der Waals surface area contributed by atoms with E-state index < -0.39 is 5.54 Å². The molecule has 1 unspecified atom stereocenters. The van der Waals surface area contributed by atoms with Crippen LogP contribution >= 0.6 is 0 Å². The maximum atomic E-state index is 9.52. The number of unbranched alkanes of at least 4 members (excludes halogenated alkanes) is 1. The summed E-state index contributed by atoms with van der Waals surface area (Å²) in [6, 6.07) is 13.1. The molecule has 0 fully saturated rings. The normalized spacial score (nSPS) is 13.8. The summed E-state index contributed by atoms with van der Waals surface area (Å²) in [5, 5.41) is 12.9. The van der Waals surface area contributed by atoms with Gasteiger partial charge in [0.25, 0.3) is 0 Å². The van der Waals surface area contributed by atoms with Gasteiger partial charge >= 0.3 is 0 Å². The van der Waals surface area contributed by atoms with Crippen LogP contribution < -0.4 is 10.2 Å². The van der Waals surface area contributed by atoms with E-state index in [1.165, 1.54) is 5.69 Å². The average Bonchev–Trinajstić information content (AvgIpc) is 2.43. The first-order valence-electron chi connectivity index (χ1n) is 7.49. The summed E-state index contributed by atoms with van der Waals surface area (Å²) in [6.07, 6.45) is 2.29. The molecule has 0 aliphatic carbocycles. The first-order valence-corrected chi connectivity index (χ1v) is 7.49. The third-order valence-electron chi connectivity index (χ3n) is 3.26. The van der Waals surface area contributed by atoms with E-state index in [4.69, 9.17) is 0 Å². The second-order valence-corrected chi connectivity index (χ2v) is 5.85. The van der Waals surface area contributed by atoms with E-state index >= 15 is 0 Å². The van der Waals surface area contributed by atoms with Crippen LogP contribution in [-0.4, -0.2) is 24.7 Å². The van der Waals surface area contributed by atoms with Crippen molar-refractivity contribution in [3.8, 4) is 6.07 Å². The van der Waals surface area contributed by atoms with Gasteiger partial charge in [-0.25, -0.2) is 0 Å². The lowest BCUT2D eigenvalue weighted by Crippen LogP contribution is -2.53. The minimum atomic E-state index is -0.530. The van der Waals surface area contributed by atoms with Gasteiger partial charge in [-0.3, -0.25) is 5.32 Å². The molecule has 0 aliphatic heterocycles. The molecule has 0 heterocycles. The molecule has 20 heavy (non-hydrogen) atoms. The largest absolute Gasteiger partial charge is 0.369 e. The van der Waals surface area contributed by atoms with E-state index in [0.717, 1.165) is 19.4 Å². The molecule has 1 atom stereocenters. The average molecular weight is 273 g/mol. The third-order valence-corrected chi connectivity index (χ3v) is 3.26. The van der Waals surface area contributed by atoms with Crippen LogP contribution in [-0.2, 0) is 0 Å². The standard InChI is InChI=1S/C17H27N3/c1-5-6-12-20(16-10-8-7-9-11-16)14-17(4,13-18)19-15(2)3/h7-11,15,19H,5-6,12,14H2,1-4H3. The van der Waals surface area contributed by atoms with Crippen molar-refractivity contribution in [1.82, 2.24) is 5.32 Å². The number of hydrogen-bond acceptors (Lipinski definition) is 3. The van der Waals surface area contributed by atoms with Gasteiger partial charge in [-0.05, 0) is 39.3 Å². The fourth-order valence-electron chi connectivity index (χ4n) is 2.42. The third kappa shape index (κ3) is 5.22. The maximum Gasteiger partial charge on any atom is 0.121 e. The van der Waals surface area contributed by atoms with Crippen molar-refractivity contribution in [2.24, 2.45) is 0 Å². The molecule has 3 nitrogen and oxygen atoms in total. The van der Waals surface area contributed by atoms with Crippen molar-refractivity contribution in [3.63, 3.8) is 0 Å². The van der Waals surface area contributed by atoms with Crippen LogP contribution in [0.5, 0.6) is 0 Å². The van der Waals surface area contributed by atoms with Crippen LogP contribution in [0.25, 0.3) is 0 Å². The zero-order chi connectivity index (χ0) is 15.0. The van der Waals surface area contributed by atoms with Crippen LogP contribution in [0.2, 0.25) is 0 Å². The van der Waals surface area contributed by atoms with Gasteiger partial charge in [-0.2, -0.15) is 5.26 Å². The molecule has 1 N–H and O–H groups in total. The fourth-order valence-corrected chi connectivity index (χ4v) is 2.42. The molecule has 0 aliphatic rings. The smallest absolute Gasteiger partial charge is 0.121 e. The molecular formula is C17H27N3. The number of nitrogens with zero attached hydrogens (tertiary/aromatic N) is 2. The lowest BCUT2D eigenvalue weighted by atomic mass is 10.0. The molecular weight excluding hydrogens is 246 g/mol. The van der Waals surface area contributed by atoms with Gasteiger partial charge in [0.15, 0.2) is 0 Å². The highest BCUT2D eigenvalue weighted by molar-refractivity contribution is 5.47. The molecule has 0 bridgehead atoms. The molecule has 0 saturated heterocycles. The van der Waals surface area contributed by atoms with Crippen molar-refractivity contribution >= 4 is 5.69 Å². The van der Waals surface area contributed by atoms with Crippen molar-refractivity contribution in [1.29, 1.82) is 5.26 Å². The summed E-state index contributed by atoms with van der Waals surface area (Å²) in [5.74, 6) is 0. The number of hydrogen-bond donors (Lipinski definition) is 1. The van der Waals surface area contributed by atoms with E-state index in [1.807, 2.05) is 25.1 Å². The Bertz CT molecular complexity index is 422. The molecule has 1 aromatic rings. The van der Waals surface area contributed by atoms with Crippen LogP contribution in [0.15, 0.2) is 30.3 Å². The fraction of sp³-hybridized carbons (Fsp3) is 0.588. The molecule has 0 spiro atoms. The second kappa shape index (κ2) is 7.91. The molecule has 1 aromatic carbocycles. The summed E-state index contributed by atoms with van der Waals surface area (Å²) >= 11 is 0. The Labute approximate surface area is 123 Å². The van der Waals surface area contributed by atoms with Crippen molar-refractivity contribution in [2.45, 2.75) is 52.1 Å². The Morgan fingerprint density at radius 1 is 1.30 bits per heavy atom. The molecule has 3 heteroatoms. The van der Waals surface area contributed by atoms with Gasteiger partial charge < -0.3 is 4.90 Å². The Morgan fingerprint density at radius 2 is 1.95 bits per heavy atom. The number of rotatable bonds is 8. The Morgan fingerprint density at radius 3 is 2.45 bits per heavy atom. The molecule has 0 amide bonds. The van der Waals surface area contributed by atoms with Gasteiger partial charge in [0.2, 0.25) is 0 Å². The summed E-state index contributed by atoms with van der Waals surface area (Å²) in [5.41, 5.74) is 0.658. The Hall–Kier alpha value is -1.53. The van der Waals surface area contributed by atoms with E-state index in [-0.39, 0.29) is 0 Å². The van der Waals surface area contributed by atoms with Crippen molar-refractivity contribution in [2.75, 3.05) is 18.0 Å². The van der Waals surface area contributed by atoms with E-state index in [9.17, 15) is 5.26 Å². The molecule has 1 rings (SSSR count). The number of nitrogens with one attached hydrogen (secondary N) is 1. The van der Waals surface area contributed by atoms with Crippen molar-refractivity contribution in [3.05, 3.63) is 30.3 Å². The van der Waals surface area contributed by atoms with Crippen molar-refractivity contribution < 1.29 is 0 Å². The van der Waals surface area contributed by atoms with Crippen LogP contribution in [0.3, 0.4) is 0 Å². The Kier molecular flexibility index (Phi) is 6.54. The number of nitriles is 1. The summed E-state index contributed by atoms with van der Waals surface area (Å²) in [7, 11) is 0. The summed E-state index contributed by atoms with van der Waals surface area (Å²) in [6.45, 7) is 10.0. The van der Waals surface area contributed by atoms with Crippen LogP contribution in [0, 0.1) is 11.3 Å². The predicted octanol–water partition coefficient (Wildman–Crippen LogP) is 3.57. The topological polar surface area (TPSA) is 39.1 Å². The van der Waals surface area contributed by atoms with Gasteiger partial charge in [0.1, 0.15) is 5.54 Å². The second-order valence-electron chi connectivity index (χ2n) is 5.85. The summed E-state index contributed by atoms with van der Waals surface area (Å²) < 4.78 is 0. The SMILES string of the molecule is CCCCN(CC(C)(C#N)NC(C)C)c1ccccc1. The van der Waals surface area contributed by atoms with Gasteiger partial charge in [0.05, 0.1) is 6.07 Å². The predicted molar refractivity (Wildman–Crippen MR) is 85.9 cm³/mol. The minimum Gasteiger partial charge on any atom is -0.369 e. The zero-order valence-electron chi connectivity index (χ0n) is 13.2. The number of para-hydroxylation sites is 1. The molecule has 110 valence electrons.